The van der Waals surface area contributed by atoms with Gasteiger partial charge in [0.15, 0.2) is 7.38 Å². The maximum absolute atomic E-state index is 6.88. The SMILES string of the molecule is C[Si](Cl)(c1ccccc1)C1CCCCC1. The zero-order chi connectivity index (χ0) is 10.7. The summed E-state index contributed by atoms with van der Waals surface area (Å²) in [6, 6.07) is 10.7. The molecule has 1 aliphatic rings. The van der Waals surface area contributed by atoms with Crippen molar-refractivity contribution in [2.45, 2.75) is 44.2 Å². The van der Waals surface area contributed by atoms with Crippen LogP contribution in [-0.2, 0) is 0 Å². The van der Waals surface area contributed by atoms with E-state index in [1.54, 1.807) is 0 Å². The van der Waals surface area contributed by atoms with Crippen molar-refractivity contribution in [2.75, 3.05) is 0 Å². The molecule has 1 fully saturated rings. The maximum Gasteiger partial charge on any atom is 0.186 e. The van der Waals surface area contributed by atoms with Crippen molar-refractivity contribution in [2.24, 2.45) is 0 Å². The fourth-order valence-corrected chi connectivity index (χ4v) is 6.49. The number of halogens is 1. The van der Waals surface area contributed by atoms with E-state index >= 15 is 0 Å². The van der Waals surface area contributed by atoms with Crippen molar-refractivity contribution in [3.8, 4) is 0 Å². The van der Waals surface area contributed by atoms with Crippen LogP contribution in [0.2, 0.25) is 12.1 Å². The second-order valence-electron chi connectivity index (χ2n) is 4.78. The van der Waals surface area contributed by atoms with E-state index in [1.165, 1.54) is 37.3 Å². The monoisotopic (exact) mass is 238 g/mol. The Bertz CT molecular complexity index is 302. The third kappa shape index (κ3) is 2.46. The van der Waals surface area contributed by atoms with Crippen LogP contribution in [0.5, 0.6) is 0 Å². The van der Waals surface area contributed by atoms with Gasteiger partial charge in [0.2, 0.25) is 0 Å². The molecule has 15 heavy (non-hydrogen) atoms. The molecule has 0 aliphatic heterocycles. The summed E-state index contributed by atoms with van der Waals surface area (Å²) in [7, 11) is -1.71. The summed E-state index contributed by atoms with van der Waals surface area (Å²) in [5.74, 6) is 0. The minimum Gasteiger partial charge on any atom is -0.161 e. The molecule has 0 bridgehead atoms. The molecule has 0 saturated heterocycles. The molecule has 82 valence electrons. The Hall–Kier alpha value is -0.273. The highest BCUT2D eigenvalue weighted by molar-refractivity contribution is 7.27. The van der Waals surface area contributed by atoms with E-state index < -0.39 is 7.38 Å². The number of hydrogen-bond acceptors (Lipinski definition) is 0. The van der Waals surface area contributed by atoms with Gasteiger partial charge in [-0.15, -0.1) is 0 Å². The molecular formula is C13H19ClSi. The molecule has 1 aliphatic carbocycles. The van der Waals surface area contributed by atoms with Crippen molar-refractivity contribution in [1.29, 1.82) is 0 Å². The summed E-state index contributed by atoms with van der Waals surface area (Å²) in [5.41, 5.74) is 0.787. The van der Waals surface area contributed by atoms with Crippen LogP contribution in [-0.4, -0.2) is 7.38 Å². The van der Waals surface area contributed by atoms with Crippen LogP contribution in [0.3, 0.4) is 0 Å². The molecule has 2 rings (SSSR count). The number of benzene rings is 1. The first-order chi connectivity index (χ1) is 7.21. The first-order valence-electron chi connectivity index (χ1n) is 5.95. The van der Waals surface area contributed by atoms with Gasteiger partial charge in [-0.05, 0) is 10.7 Å². The van der Waals surface area contributed by atoms with Gasteiger partial charge in [-0.25, -0.2) is 0 Å². The van der Waals surface area contributed by atoms with Crippen molar-refractivity contribution >= 4 is 23.6 Å². The van der Waals surface area contributed by atoms with Gasteiger partial charge >= 0.3 is 0 Å². The summed E-state index contributed by atoms with van der Waals surface area (Å²) in [5, 5.41) is 1.42. The zero-order valence-electron chi connectivity index (χ0n) is 9.38. The summed E-state index contributed by atoms with van der Waals surface area (Å²) in [6.45, 7) is 2.32. The maximum atomic E-state index is 6.88. The van der Waals surface area contributed by atoms with Gasteiger partial charge in [-0.3, -0.25) is 0 Å². The van der Waals surface area contributed by atoms with E-state index in [9.17, 15) is 0 Å². The van der Waals surface area contributed by atoms with E-state index in [0.717, 1.165) is 5.54 Å². The van der Waals surface area contributed by atoms with Crippen LogP contribution >= 0.6 is 11.1 Å². The van der Waals surface area contributed by atoms with Crippen molar-refractivity contribution in [3.05, 3.63) is 30.3 Å². The minimum atomic E-state index is -1.71. The Kier molecular flexibility index (Phi) is 3.52. The fraction of sp³-hybridized carbons (Fsp3) is 0.538. The van der Waals surface area contributed by atoms with Gasteiger partial charge in [-0.2, -0.15) is 11.1 Å². The summed E-state index contributed by atoms with van der Waals surface area (Å²) in [6.07, 6.45) is 6.87. The normalized spacial score (nSPS) is 22.3. The lowest BCUT2D eigenvalue weighted by atomic mass is 10.0. The molecule has 0 radical (unpaired) electrons. The Morgan fingerprint density at radius 3 is 2.27 bits per heavy atom. The van der Waals surface area contributed by atoms with E-state index in [0.29, 0.717) is 0 Å². The molecule has 0 heterocycles. The molecule has 0 amide bonds. The first-order valence-corrected chi connectivity index (χ1v) is 9.54. The minimum absolute atomic E-state index is 0.787. The molecule has 0 nitrogen and oxygen atoms in total. The second-order valence-corrected chi connectivity index (χ2v) is 10.7. The highest BCUT2D eigenvalue weighted by Gasteiger charge is 2.37. The topological polar surface area (TPSA) is 0 Å². The van der Waals surface area contributed by atoms with Crippen LogP contribution in [0.25, 0.3) is 0 Å². The summed E-state index contributed by atoms with van der Waals surface area (Å²) in [4.78, 5) is 0. The van der Waals surface area contributed by atoms with Crippen LogP contribution in [0.15, 0.2) is 30.3 Å². The quantitative estimate of drug-likeness (QED) is 0.539. The number of rotatable bonds is 2. The average Bonchev–Trinajstić information content (AvgIpc) is 2.31. The molecule has 1 saturated carbocycles. The lowest BCUT2D eigenvalue weighted by Gasteiger charge is -2.33. The molecule has 0 spiro atoms. The molecule has 1 unspecified atom stereocenters. The predicted octanol–water partition coefficient (Wildman–Crippen LogP) is 4.04. The molecule has 2 heteroatoms. The second kappa shape index (κ2) is 4.71. The first kappa shape index (κ1) is 11.2. The third-order valence-corrected chi connectivity index (χ3v) is 8.86. The fourth-order valence-electron chi connectivity index (χ4n) is 2.64. The lowest BCUT2D eigenvalue weighted by molar-refractivity contribution is 0.497. The molecular weight excluding hydrogens is 220 g/mol. The average molecular weight is 239 g/mol. The van der Waals surface area contributed by atoms with Crippen molar-refractivity contribution in [1.82, 2.24) is 0 Å². The van der Waals surface area contributed by atoms with Gasteiger partial charge in [0.25, 0.3) is 0 Å². The van der Waals surface area contributed by atoms with Crippen LogP contribution in [0.1, 0.15) is 32.1 Å². The Balaban J connectivity index is 2.18. The summed E-state index contributed by atoms with van der Waals surface area (Å²) < 4.78 is 0. The Morgan fingerprint density at radius 2 is 1.67 bits per heavy atom. The third-order valence-electron chi connectivity index (χ3n) is 3.71. The summed E-state index contributed by atoms with van der Waals surface area (Å²) >= 11 is 6.88. The van der Waals surface area contributed by atoms with Crippen molar-refractivity contribution < 1.29 is 0 Å². The van der Waals surface area contributed by atoms with Crippen LogP contribution in [0.4, 0.5) is 0 Å². The van der Waals surface area contributed by atoms with E-state index in [-0.39, 0.29) is 0 Å². The highest BCUT2D eigenvalue weighted by Crippen LogP contribution is 2.38. The Morgan fingerprint density at radius 1 is 1.07 bits per heavy atom. The molecule has 0 N–H and O–H groups in total. The van der Waals surface area contributed by atoms with E-state index in [1.807, 2.05) is 0 Å². The smallest absolute Gasteiger partial charge is 0.161 e. The van der Waals surface area contributed by atoms with Crippen molar-refractivity contribution in [3.63, 3.8) is 0 Å². The predicted molar refractivity (Wildman–Crippen MR) is 70.4 cm³/mol. The van der Waals surface area contributed by atoms with E-state index in [2.05, 4.69) is 36.9 Å². The number of hydrogen-bond donors (Lipinski definition) is 0. The standard InChI is InChI=1S/C13H19ClSi/c1-15(14,12-8-4-2-5-9-12)13-10-6-3-7-11-13/h2,4-5,8-9,13H,3,6-7,10-11H2,1H3. The lowest BCUT2D eigenvalue weighted by Crippen LogP contribution is -2.44. The van der Waals surface area contributed by atoms with Crippen LogP contribution < -0.4 is 5.19 Å². The van der Waals surface area contributed by atoms with Gasteiger partial charge in [-0.1, -0.05) is 69.0 Å². The van der Waals surface area contributed by atoms with Crippen LogP contribution in [0, 0.1) is 0 Å². The van der Waals surface area contributed by atoms with Gasteiger partial charge < -0.3 is 0 Å². The van der Waals surface area contributed by atoms with E-state index in [4.69, 9.17) is 11.1 Å². The van der Waals surface area contributed by atoms with Gasteiger partial charge in [0.1, 0.15) is 0 Å². The molecule has 0 aromatic heterocycles. The largest absolute Gasteiger partial charge is 0.186 e. The molecule has 1 aromatic rings. The van der Waals surface area contributed by atoms with Gasteiger partial charge in [0, 0.05) is 0 Å². The Labute approximate surface area is 98.4 Å². The molecule has 1 aromatic carbocycles. The highest BCUT2D eigenvalue weighted by atomic mass is 35.6. The van der Waals surface area contributed by atoms with Gasteiger partial charge in [0.05, 0.1) is 0 Å². The zero-order valence-corrected chi connectivity index (χ0v) is 11.1. The molecule has 1 atom stereocenters.